The van der Waals surface area contributed by atoms with Gasteiger partial charge in [0.05, 0.1) is 16.1 Å². The molecule has 2 N–H and O–H groups in total. The Morgan fingerprint density at radius 3 is 2.81 bits per heavy atom. The van der Waals surface area contributed by atoms with Crippen LogP contribution in [0.25, 0.3) is 21.6 Å². The van der Waals surface area contributed by atoms with E-state index in [4.69, 9.17) is 10.3 Å². The molecule has 0 radical (unpaired) electrons. The predicted octanol–water partition coefficient (Wildman–Crippen LogP) is 3.43. The van der Waals surface area contributed by atoms with E-state index in [-0.39, 0.29) is 12.0 Å². The average Bonchev–Trinajstić information content (AvgIpc) is 3.05. The molecule has 0 amide bonds. The van der Waals surface area contributed by atoms with Gasteiger partial charge in [-0.3, -0.25) is 4.98 Å². The largest absolute Gasteiger partial charge is 0.339 e. The van der Waals surface area contributed by atoms with Gasteiger partial charge in [0, 0.05) is 17.8 Å². The molecule has 0 aromatic carbocycles. The Labute approximate surface area is 127 Å². The first-order chi connectivity index (χ1) is 10.1. The molecular formula is C15H18N4OS. The lowest BCUT2D eigenvalue weighted by atomic mass is 9.90. The second-order valence-electron chi connectivity index (χ2n) is 5.61. The zero-order valence-corrected chi connectivity index (χ0v) is 13.1. The van der Waals surface area contributed by atoms with Crippen molar-refractivity contribution in [1.29, 1.82) is 0 Å². The Bertz CT molecular complexity index is 739. The Kier molecular flexibility index (Phi) is 3.73. The highest BCUT2D eigenvalue weighted by atomic mass is 32.1. The lowest BCUT2D eigenvalue weighted by Gasteiger charge is -2.20. The zero-order chi connectivity index (χ0) is 15.0. The molecule has 5 nitrogen and oxygen atoms in total. The third kappa shape index (κ3) is 2.69. The van der Waals surface area contributed by atoms with E-state index in [0.29, 0.717) is 17.6 Å². The van der Waals surface area contributed by atoms with Gasteiger partial charge in [0.2, 0.25) is 11.7 Å². The van der Waals surface area contributed by atoms with Crippen molar-refractivity contribution in [3.8, 4) is 11.4 Å². The maximum absolute atomic E-state index is 6.04. The number of rotatable bonds is 4. The molecule has 0 fully saturated rings. The number of hydrogen-bond donors (Lipinski definition) is 1. The van der Waals surface area contributed by atoms with Crippen LogP contribution in [0.3, 0.4) is 0 Å². The molecule has 2 atom stereocenters. The number of fused-ring (bicyclic) bond motifs is 1. The van der Waals surface area contributed by atoms with Crippen molar-refractivity contribution in [3.63, 3.8) is 0 Å². The number of nitrogens with zero attached hydrogens (tertiary/aromatic N) is 3. The Balaban J connectivity index is 1.96. The number of thiophene rings is 1. The molecular weight excluding hydrogens is 284 g/mol. The average molecular weight is 302 g/mol. The summed E-state index contributed by atoms with van der Waals surface area (Å²) in [4.78, 5) is 8.93. The van der Waals surface area contributed by atoms with E-state index in [1.165, 1.54) is 0 Å². The maximum atomic E-state index is 6.04. The van der Waals surface area contributed by atoms with E-state index >= 15 is 0 Å². The van der Waals surface area contributed by atoms with Crippen LogP contribution in [0.1, 0.15) is 32.6 Å². The number of pyridine rings is 1. The Morgan fingerprint density at radius 2 is 2.10 bits per heavy atom. The van der Waals surface area contributed by atoms with E-state index in [9.17, 15) is 0 Å². The van der Waals surface area contributed by atoms with Crippen molar-refractivity contribution in [2.24, 2.45) is 11.7 Å². The first kappa shape index (κ1) is 14.2. The minimum atomic E-state index is -0.0313. The van der Waals surface area contributed by atoms with E-state index < -0.39 is 0 Å². The number of nitrogens with two attached hydrogens (primary N) is 1. The molecule has 21 heavy (non-hydrogen) atoms. The van der Waals surface area contributed by atoms with E-state index in [0.717, 1.165) is 15.8 Å². The first-order valence-corrected chi connectivity index (χ1v) is 7.87. The van der Waals surface area contributed by atoms with Crippen molar-refractivity contribution >= 4 is 21.6 Å². The molecule has 0 aliphatic rings. The fourth-order valence-corrected chi connectivity index (χ4v) is 3.35. The molecule has 3 aromatic heterocycles. The monoisotopic (exact) mass is 302 g/mol. The van der Waals surface area contributed by atoms with Crippen molar-refractivity contribution in [3.05, 3.63) is 29.6 Å². The van der Waals surface area contributed by atoms with Crippen LogP contribution in [0.15, 0.2) is 28.2 Å². The highest BCUT2D eigenvalue weighted by Crippen LogP contribution is 2.29. The third-order valence-corrected chi connectivity index (χ3v) is 4.43. The number of hydrogen-bond acceptors (Lipinski definition) is 6. The van der Waals surface area contributed by atoms with Crippen LogP contribution in [0, 0.1) is 5.92 Å². The van der Waals surface area contributed by atoms with Crippen LogP contribution in [-0.4, -0.2) is 21.2 Å². The highest BCUT2D eigenvalue weighted by Gasteiger charge is 2.26. The van der Waals surface area contributed by atoms with Gasteiger partial charge in [0.15, 0.2) is 0 Å². The summed E-state index contributed by atoms with van der Waals surface area (Å²) in [7, 11) is 0. The normalized spacial score (nSPS) is 14.7. The van der Waals surface area contributed by atoms with Crippen LogP contribution in [-0.2, 0) is 0 Å². The van der Waals surface area contributed by atoms with Gasteiger partial charge in [0.1, 0.15) is 0 Å². The summed E-state index contributed by atoms with van der Waals surface area (Å²) in [5.74, 6) is 1.57. The zero-order valence-electron chi connectivity index (χ0n) is 12.3. The van der Waals surface area contributed by atoms with Crippen molar-refractivity contribution in [1.82, 2.24) is 15.1 Å². The fraction of sp³-hybridized carbons (Fsp3) is 0.400. The molecule has 2 unspecified atom stereocenters. The molecule has 110 valence electrons. The molecule has 6 heteroatoms. The van der Waals surface area contributed by atoms with E-state index in [1.54, 1.807) is 17.5 Å². The topological polar surface area (TPSA) is 77.8 Å². The van der Waals surface area contributed by atoms with Gasteiger partial charge < -0.3 is 10.3 Å². The summed E-state index contributed by atoms with van der Waals surface area (Å²) in [5.41, 5.74) is 7.90. The first-order valence-electron chi connectivity index (χ1n) is 6.99. The van der Waals surface area contributed by atoms with Crippen molar-refractivity contribution in [2.45, 2.75) is 32.7 Å². The van der Waals surface area contributed by atoms with E-state index in [2.05, 4.69) is 29.0 Å². The second kappa shape index (κ2) is 5.54. The lowest BCUT2D eigenvalue weighted by molar-refractivity contribution is 0.300. The van der Waals surface area contributed by atoms with E-state index in [1.807, 2.05) is 24.4 Å². The fourth-order valence-electron chi connectivity index (χ4n) is 2.57. The van der Waals surface area contributed by atoms with Crippen molar-refractivity contribution in [2.75, 3.05) is 0 Å². The van der Waals surface area contributed by atoms with Crippen LogP contribution >= 0.6 is 11.3 Å². The maximum Gasteiger partial charge on any atom is 0.231 e. The number of aromatic nitrogens is 3. The summed E-state index contributed by atoms with van der Waals surface area (Å²) in [6.07, 6.45) is 1.78. The van der Waals surface area contributed by atoms with Crippen LogP contribution in [0.4, 0.5) is 0 Å². The quantitative estimate of drug-likeness (QED) is 0.798. The molecule has 0 saturated heterocycles. The van der Waals surface area contributed by atoms with Crippen LogP contribution < -0.4 is 5.73 Å². The second-order valence-corrected chi connectivity index (χ2v) is 6.56. The summed E-state index contributed by atoms with van der Waals surface area (Å²) < 4.78 is 6.55. The van der Waals surface area contributed by atoms with Crippen LogP contribution in [0.5, 0.6) is 0 Å². The lowest BCUT2D eigenvalue weighted by Crippen LogP contribution is -2.28. The summed E-state index contributed by atoms with van der Waals surface area (Å²) >= 11 is 1.65. The van der Waals surface area contributed by atoms with Crippen LogP contribution in [0.2, 0.25) is 0 Å². The van der Waals surface area contributed by atoms with Gasteiger partial charge in [-0.05, 0) is 30.4 Å². The summed E-state index contributed by atoms with van der Waals surface area (Å²) in [6.45, 7) is 6.18. The van der Waals surface area contributed by atoms with Crippen molar-refractivity contribution < 1.29 is 4.52 Å². The van der Waals surface area contributed by atoms with Gasteiger partial charge in [0.25, 0.3) is 0 Å². The highest BCUT2D eigenvalue weighted by molar-refractivity contribution is 7.17. The molecule has 3 aromatic rings. The molecule has 0 saturated carbocycles. The van der Waals surface area contributed by atoms with Gasteiger partial charge in [-0.15, -0.1) is 11.3 Å². The summed E-state index contributed by atoms with van der Waals surface area (Å²) in [5, 5.41) is 6.11. The standard InChI is InChI=1S/C15H18N4OS/c1-8(2)13(9(3)16)15-18-14(19-20-15)10-6-12-11(17-7-10)4-5-21-12/h4-9,13H,16H2,1-3H3. The van der Waals surface area contributed by atoms with Gasteiger partial charge >= 0.3 is 0 Å². The Morgan fingerprint density at radius 1 is 1.29 bits per heavy atom. The molecule has 0 bridgehead atoms. The summed E-state index contributed by atoms with van der Waals surface area (Å²) in [6, 6.07) is 4.00. The molecule has 0 aliphatic carbocycles. The molecule has 3 heterocycles. The molecule has 3 rings (SSSR count). The smallest absolute Gasteiger partial charge is 0.231 e. The predicted molar refractivity (Wildman–Crippen MR) is 84.1 cm³/mol. The van der Waals surface area contributed by atoms with Gasteiger partial charge in [-0.2, -0.15) is 4.98 Å². The van der Waals surface area contributed by atoms with Gasteiger partial charge in [-0.1, -0.05) is 19.0 Å². The molecule has 0 aliphatic heterocycles. The Hall–Kier alpha value is -1.79. The molecule has 0 spiro atoms. The van der Waals surface area contributed by atoms with Gasteiger partial charge in [-0.25, -0.2) is 0 Å². The third-order valence-electron chi connectivity index (χ3n) is 3.57. The SMILES string of the molecule is CC(C)C(c1nc(-c2cnc3ccsc3c2)no1)C(C)N. The minimum absolute atomic E-state index is 0.0313. The minimum Gasteiger partial charge on any atom is -0.339 e.